The van der Waals surface area contributed by atoms with E-state index in [0.29, 0.717) is 32.1 Å². The number of carboxylic acids is 4. The molecule has 0 unspecified atom stereocenters. The minimum absolute atomic E-state index is 0.00611. The molecule has 0 saturated carbocycles. The van der Waals surface area contributed by atoms with Gasteiger partial charge in [0, 0.05) is 114 Å². The first-order valence-corrected chi connectivity index (χ1v) is 35.1. The molecule has 4 atom stereocenters. The maximum Gasteiger partial charge on any atom is 0.317 e. The number of para-hydroxylation sites is 1. The number of rotatable bonds is 56. The Morgan fingerprint density at radius 1 is 0.613 bits per heavy atom. The molecule has 4 rings (SSSR count). The van der Waals surface area contributed by atoms with Gasteiger partial charge in [-0.3, -0.25) is 86.6 Å². The van der Waals surface area contributed by atoms with Gasteiger partial charge in [0.15, 0.2) is 11.6 Å². The lowest BCUT2D eigenvalue weighted by molar-refractivity contribution is -0.148. The SMILES string of the molecule is C=C(O)C[C@H](CC(=O)[C@H](Cc1c[nH]c2ccccc12)NC)C(=O)N1CCC[C@H]1C(=O)NCC(=O)NCC(=O)NCC(=O)N[C@@H](CCCCNC(=O)COCCOCCCC(=O)COCCOCCNC(=O)CCCC(=O)NCCC1(N(CC(=O)O)CC(=O)O)CN(CC(=O)O)CCN(CC(=O)O)C1)C(N)=O. The van der Waals surface area contributed by atoms with Gasteiger partial charge in [-0.15, -0.1) is 0 Å². The van der Waals surface area contributed by atoms with Crippen LogP contribution in [0.4, 0.5) is 0 Å². The number of aliphatic hydroxyl groups is 1. The number of unbranched alkanes of at least 4 members (excludes halogenated alkanes) is 1. The molecule has 2 fully saturated rings. The van der Waals surface area contributed by atoms with Crippen LogP contribution < -0.4 is 48.3 Å². The monoisotopic (exact) mass is 1500 g/mol. The molecule has 0 bridgehead atoms. The van der Waals surface area contributed by atoms with Gasteiger partial charge in [-0.2, -0.15) is 0 Å². The summed E-state index contributed by atoms with van der Waals surface area (Å²) >= 11 is 0. The summed E-state index contributed by atoms with van der Waals surface area (Å²) in [6.07, 6.45) is 3.99. The standard InChI is InChI=1S/C68H104N14O24/c1-45(83)30-46(32-54(85)52(70-2)31-47-33-74-50-12-4-3-11-49(47)50)67(102)82-21-8-14-53(82)66(101)77-35-58(89)75-34-57(88)76-36-59(90)78-51(65(69)100)13-5-6-18-71-60(91)42-106-29-26-103-24-9-10-48(84)41-105-28-27-104-25-20-73-56(87)16-7-15-55(86)72-19-17-68(81(39-63(96)97)40-64(98)99)43-79(37-61(92)93)22-23-80(44-68)38-62(94)95/h3-4,11-12,33,46,51-53,70,74,83H,1,5-10,13-32,34-44H2,2H3,(H2,69,100)(H,71,91)(H,72,86)(H,73,87)(H,75,89)(H,76,88)(H,77,101)(H,78,90)(H,92,93)(H,94,95)(H,96,97)(H,98,99)/t46-,51+,52+,53+/m1/s1. The van der Waals surface area contributed by atoms with Gasteiger partial charge < -0.3 is 103 Å². The van der Waals surface area contributed by atoms with E-state index in [9.17, 15) is 97.5 Å². The number of nitrogens with one attached hydrogen (secondary N) is 9. The van der Waals surface area contributed by atoms with Crippen LogP contribution in [0.25, 0.3) is 10.9 Å². The number of carbonyl (C=O) groups is 15. The van der Waals surface area contributed by atoms with Crippen LogP contribution >= 0.6 is 0 Å². The fraction of sp³-hybridized carbons (Fsp3) is 0.632. The summed E-state index contributed by atoms with van der Waals surface area (Å²) in [5, 5.41) is 70.1. The number of likely N-dealkylation sites (N-methyl/N-ethyl adjacent to an activating group) is 1. The number of carboxylic acid groups (broad SMARTS) is 4. The smallest absolute Gasteiger partial charge is 0.317 e. The van der Waals surface area contributed by atoms with E-state index in [1.807, 2.05) is 30.5 Å². The average molecular weight is 1500 g/mol. The molecule has 38 nitrogen and oxygen atoms in total. The zero-order valence-corrected chi connectivity index (χ0v) is 59.9. The van der Waals surface area contributed by atoms with Crippen molar-refractivity contribution in [2.24, 2.45) is 11.7 Å². The van der Waals surface area contributed by atoms with Gasteiger partial charge in [0.25, 0.3) is 0 Å². The second-order valence-electron chi connectivity index (χ2n) is 25.7. The molecule has 2 aromatic rings. The number of hydrogen-bond acceptors (Lipinski definition) is 24. The zero-order valence-electron chi connectivity index (χ0n) is 59.9. The highest BCUT2D eigenvalue weighted by atomic mass is 16.5. The first-order chi connectivity index (χ1) is 50.6. The van der Waals surface area contributed by atoms with Crippen LogP contribution in [-0.4, -0.2) is 320 Å². The molecule has 0 spiro atoms. The van der Waals surface area contributed by atoms with E-state index < -0.39 is 147 Å². The van der Waals surface area contributed by atoms with Crippen LogP contribution in [0.1, 0.15) is 89.0 Å². The number of aromatic amines is 1. The van der Waals surface area contributed by atoms with Crippen molar-refractivity contribution < 1.29 is 116 Å². The number of primary amides is 1. The number of nitrogens with two attached hydrogens (primary N) is 1. The lowest BCUT2D eigenvalue weighted by atomic mass is 9.90. The maximum atomic E-state index is 13.9. The Balaban J connectivity index is 0.963. The van der Waals surface area contributed by atoms with E-state index >= 15 is 0 Å². The Hall–Kier alpha value is -9.57. The first-order valence-electron chi connectivity index (χ1n) is 35.1. The Morgan fingerprint density at radius 3 is 1.81 bits per heavy atom. The molecule has 9 amide bonds. The van der Waals surface area contributed by atoms with Gasteiger partial charge in [-0.25, -0.2) is 0 Å². The molecule has 2 aliphatic rings. The molecule has 590 valence electrons. The average Bonchev–Trinajstić information content (AvgIpc) is 1.46. The first kappa shape index (κ1) is 88.8. The number of benzene rings is 1. The number of carbonyl (C=O) groups excluding carboxylic acids is 11. The van der Waals surface area contributed by atoms with Crippen LogP contribution in [0.3, 0.4) is 0 Å². The van der Waals surface area contributed by atoms with Crippen molar-refractivity contribution in [1.29, 1.82) is 0 Å². The van der Waals surface area contributed by atoms with Crippen LogP contribution in [0.5, 0.6) is 0 Å². The molecule has 106 heavy (non-hydrogen) atoms. The lowest BCUT2D eigenvalue weighted by Gasteiger charge is -2.45. The Bertz CT molecular complexity index is 3260. The minimum Gasteiger partial charge on any atom is -0.513 e. The molecule has 2 aliphatic heterocycles. The number of amides is 9. The number of aromatic nitrogens is 1. The fourth-order valence-corrected chi connectivity index (χ4v) is 12.1. The molecular formula is C68H104N14O24. The van der Waals surface area contributed by atoms with Gasteiger partial charge in [0.2, 0.25) is 53.2 Å². The number of H-pyrrole nitrogens is 1. The van der Waals surface area contributed by atoms with Gasteiger partial charge in [0.05, 0.1) is 96.6 Å². The minimum atomic E-state index is -1.40. The van der Waals surface area contributed by atoms with Crippen molar-refractivity contribution in [3.63, 3.8) is 0 Å². The Kier molecular flexibility index (Phi) is 40.7. The number of aliphatic hydroxyl groups excluding tert-OH is 1. The third-order valence-corrected chi connectivity index (χ3v) is 17.3. The second-order valence-corrected chi connectivity index (χ2v) is 25.7. The molecule has 38 heteroatoms. The van der Waals surface area contributed by atoms with Gasteiger partial charge >= 0.3 is 23.9 Å². The summed E-state index contributed by atoms with van der Waals surface area (Å²) in [7, 11) is 1.64. The van der Waals surface area contributed by atoms with Crippen molar-refractivity contribution in [3.05, 3.63) is 48.4 Å². The Labute approximate surface area is 612 Å². The topological polar surface area (TPSA) is 545 Å². The third kappa shape index (κ3) is 35.0. The van der Waals surface area contributed by atoms with E-state index in [0.717, 1.165) is 21.4 Å². The fourth-order valence-electron chi connectivity index (χ4n) is 12.1. The highest BCUT2D eigenvalue weighted by Gasteiger charge is 2.44. The van der Waals surface area contributed by atoms with Crippen molar-refractivity contribution in [3.8, 4) is 0 Å². The summed E-state index contributed by atoms with van der Waals surface area (Å²) < 4.78 is 21.6. The van der Waals surface area contributed by atoms with E-state index in [2.05, 4.69) is 54.1 Å². The molecule has 2 saturated heterocycles. The van der Waals surface area contributed by atoms with Crippen LogP contribution in [0, 0.1) is 5.92 Å². The Morgan fingerprint density at radius 2 is 1.20 bits per heavy atom. The van der Waals surface area contributed by atoms with Gasteiger partial charge in [-0.05, 0) is 76.5 Å². The van der Waals surface area contributed by atoms with Crippen LogP contribution in [0.15, 0.2) is 42.8 Å². The highest BCUT2D eigenvalue weighted by molar-refractivity contribution is 5.96. The predicted octanol–water partition coefficient (Wildman–Crippen LogP) is -3.86. The highest BCUT2D eigenvalue weighted by Crippen LogP contribution is 2.28. The quantitative estimate of drug-likeness (QED) is 0.0223. The summed E-state index contributed by atoms with van der Waals surface area (Å²) in [5.41, 5.74) is 5.91. The molecule has 3 heterocycles. The molecule has 0 aliphatic carbocycles. The molecule has 1 aromatic carbocycles. The van der Waals surface area contributed by atoms with Crippen molar-refractivity contribution in [1.82, 2.24) is 67.1 Å². The number of Topliss-reactive ketones (excluding diaryl/α,β-unsaturated/α-hetero) is 2. The molecule has 16 N–H and O–H groups in total. The van der Waals surface area contributed by atoms with Crippen LogP contribution in [-0.2, 0) is 97.3 Å². The van der Waals surface area contributed by atoms with E-state index in [4.69, 9.17) is 24.7 Å². The largest absolute Gasteiger partial charge is 0.513 e. The number of nitrogens with zero attached hydrogens (tertiary/aromatic N) is 4. The van der Waals surface area contributed by atoms with Crippen molar-refractivity contribution in [2.45, 2.75) is 114 Å². The number of fused-ring (bicyclic) bond motifs is 1. The number of likely N-dealkylation sites (tertiary alicyclic amines) is 1. The summed E-state index contributed by atoms with van der Waals surface area (Å²) in [6.45, 7) is 0.316. The maximum absolute atomic E-state index is 13.9. The van der Waals surface area contributed by atoms with Crippen molar-refractivity contribution in [2.75, 3.05) is 158 Å². The van der Waals surface area contributed by atoms with E-state index in [1.54, 1.807) is 7.05 Å². The summed E-state index contributed by atoms with van der Waals surface area (Å²) in [5.74, 6) is -12.3. The van der Waals surface area contributed by atoms with Gasteiger partial charge in [0.1, 0.15) is 25.3 Å². The number of hydrogen-bond donors (Lipinski definition) is 15. The number of ether oxygens (including phenoxy) is 4. The van der Waals surface area contributed by atoms with Gasteiger partial charge in [-0.1, -0.05) is 24.8 Å². The zero-order chi connectivity index (χ0) is 78.0. The lowest BCUT2D eigenvalue weighted by Crippen LogP contribution is -2.63. The van der Waals surface area contributed by atoms with Crippen molar-refractivity contribution >= 4 is 99.5 Å². The molecular weight excluding hydrogens is 1400 g/mol. The predicted molar refractivity (Wildman–Crippen MR) is 376 cm³/mol. The normalized spacial score (nSPS) is 15.3. The molecule has 0 radical (unpaired) electrons. The number of aliphatic carboxylic acids is 4. The molecule has 1 aromatic heterocycles. The number of allylic oxidation sites excluding steroid dienone is 1. The van der Waals surface area contributed by atoms with Crippen LogP contribution in [0.2, 0.25) is 0 Å². The van der Waals surface area contributed by atoms with E-state index in [1.165, 1.54) is 14.7 Å². The third-order valence-electron chi connectivity index (χ3n) is 17.3. The summed E-state index contributed by atoms with van der Waals surface area (Å²) in [4.78, 5) is 196. The number of ketones is 2. The second kappa shape index (κ2) is 48.5. The van der Waals surface area contributed by atoms with E-state index in [-0.39, 0.29) is 186 Å². The summed E-state index contributed by atoms with van der Waals surface area (Å²) in [6, 6.07) is 4.93.